The highest BCUT2D eigenvalue weighted by Gasteiger charge is 2.11. The molecule has 0 saturated carbocycles. The summed E-state index contributed by atoms with van der Waals surface area (Å²) in [5.41, 5.74) is 2.98. The number of hydrogen-bond donors (Lipinski definition) is 4. The fourth-order valence-corrected chi connectivity index (χ4v) is 2.54. The van der Waals surface area contributed by atoms with Gasteiger partial charge in [-0.1, -0.05) is 18.9 Å². The Hall–Kier alpha value is -2.54. The number of H-pyrrole nitrogens is 1. The molecular weight excluding hydrogens is 310 g/mol. The molecule has 130 valence electrons. The maximum atomic E-state index is 12.2. The van der Waals surface area contributed by atoms with Gasteiger partial charge in [-0.05, 0) is 31.0 Å². The summed E-state index contributed by atoms with van der Waals surface area (Å²) < 4.78 is 5.29. The molecule has 0 unspecified atom stereocenters. The molecule has 7 nitrogen and oxygen atoms in total. The van der Waals surface area contributed by atoms with Crippen LogP contribution < -0.4 is 15.5 Å². The minimum atomic E-state index is -0.363. The lowest BCUT2D eigenvalue weighted by Crippen LogP contribution is -2.24. The normalized spacial score (nSPS) is 10.6. The van der Waals surface area contributed by atoms with Crippen LogP contribution in [0.25, 0.3) is 10.9 Å². The Morgan fingerprint density at radius 3 is 2.75 bits per heavy atom. The first-order chi connectivity index (χ1) is 11.7. The topological polar surface area (TPSA) is 103 Å². The van der Waals surface area contributed by atoms with Crippen LogP contribution in [-0.2, 0) is 4.79 Å². The second kappa shape index (κ2) is 8.93. The van der Waals surface area contributed by atoms with E-state index < -0.39 is 0 Å². The van der Waals surface area contributed by atoms with Crippen molar-refractivity contribution < 1.29 is 19.5 Å². The summed E-state index contributed by atoms with van der Waals surface area (Å²) in [4.78, 5) is 26.1. The molecule has 0 aliphatic carbocycles. The van der Waals surface area contributed by atoms with Crippen molar-refractivity contribution in [1.82, 2.24) is 15.8 Å². The SMILES string of the molecule is COc1cccc2[nH]c(C(=O)NCCCCCCC(=O)NO)cc12. The van der Waals surface area contributed by atoms with Gasteiger partial charge in [0.05, 0.1) is 7.11 Å². The van der Waals surface area contributed by atoms with Gasteiger partial charge >= 0.3 is 0 Å². The lowest BCUT2D eigenvalue weighted by atomic mass is 10.1. The monoisotopic (exact) mass is 333 g/mol. The van der Waals surface area contributed by atoms with Gasteiger partial charge in [-0.2, -0.15) is 0 Å². The number of unbranched alkanes of at least 4 members (excludes halogenated alkanes) is 3. The van der Waals surface area contributed by atoms with Gasteiger partial charge in [-0.3, -0.25) is 14.8 Å². The predicted molar refractivity (Wildman–Crippen MR) is 90.2 cm³/mol. The fourth-order valence-electron chi connectivity index (χ4n) is 2.54. The lowest BCUT2D eigenvalue weighted by molar-refractivity contribution is -0.129. The van der Waals surface area contributed by atoms with Crippen molar-refractivity contribution in [3.8, 4) is 5.75 Å². The van der Waals surface area contributed by atoms with E-state index in [1.807, 2.05) is 18.2 Å². The van der Waals surface area contributed by atoms with E-state index in [1.54, 1.807) is 18.7 Å². The van der Waals surface area contributed by atoms with Crippen LogP contribution in [0.1, 0.15) is 42.6 Å². The summed E-state index contributed by atoms with van der Waals surface area (Å²) in [7, 11) is 1.60. The zero-order valence-electron chi connectivity index (χ0n) is 13.7. The molecule has 2 rings (SSSR count). The van der Waals surface area contributed by atoms with E-state index in [-0.39, 0.29) is 11.8 Å². The number of amides is 2. The number of carbonyl (C=O) groups is 2. The van der Waals surface area contributed by atoms with Crippen LogP contribution in [0.2, 0.25) is 0 Å². The number of aromatic nitrogens is 1. The first kappa shape index (κ1) is 17.8. The maximum absolute atomic E-state index is 12.2. The molecule has 7 heteroatoms. The molecule has 0 aliphatic heterocycles. The number of benzene rings is 1. The largest absolute Gasteiger partial charge is 0.496 e. The van der Waals surface area contributed by atoms with Crippen molar-refractivity contribution in [1.29, 1.82) is 0 Å². The Morgan fingerprint density at radius 1 is 1.21 bits per heavy atom. The van der Waals surface area contributed by atoms with Crippen LogP contribution in [0.5, 0.6) is 5.75 Å². The van der Waals surface area contributed by atoms with E-state index in [0.29, 0.717) is 18.7 Å². The standard InChI is InChI=1S/C17H23N3O4/c1-24-15-8-6-7-13-12(15)11-14(19-13)17(22)18-10-5-3-2-4-9-16(21)20-23/h6-8,11,19,23H,2-5,9-10H2,1H3,(H,18,22)(H,20,21). The number of hydroxylamine groups is 1. The Bertz CT molecular complexity index is 696. The van der Waals surface area contributed by atoms with Gasteiger partial charge in [-0.25, -0.2) is 5.48 Å². The Morgan fingerprint density at radius 2 is 2.00 bits per heavy atom. The molecule has 1 heterocycles. The number of aromatic amines is 1. The average Bonchev–Trinajstić information content (AvgIpc) is 3.04. The summed E-state index contributed by atoms with van der Waals surface area (Å²) in [5.74, 6) is 0.222. The van der Waals surface area contributed by atoms with Gasteiger partial charge in [-0.15, -0.1) is 0 Å². The van der Waals surface area contributed by atoms with Gasteiger partial charge in [0.1, 0.15) is 11.4 Å². The number of carbonyl (C=O) groups excluding carboxylic acids is 2. The number of ether oxygens (including phenoxy) is 1. The molecule has 0 bridgehead atoms. The number of rotatable bonds is 9. The molecule has 1 aromatic heterocycles. The zero-order chi connectivity index (χ0) is 17.4. The van der Waals surface area contributed by atoms with Crippen molar-refractivity contribution in [3.05, 3.63) is 30.0 Å². The number of methoxy groups -OCH3 is 1. The molecule has 0 aliphatic rings. The molecule has 1 aromatic carbocycles. The molecule has 4 N–H and O–H groups in total. The lowest BCUT2D eigenvalue weighted by Gasteiger charge is -2.04. The second-order valence-corrected chi connectivity index (χ2v) is 5.56. The number of hydrogen-bond acceptors (Lipinski definition) is 4. The average molecular weight is 333 g/mol. The molecule has 2 aromatic rings. The van der Waals surface area contributed by atoms with Crippen LogP contribution in [0, 0.1) is 0 Å². The molecular formula is C17H23N3O4. The minimum absolute atomic E-state index is 0.145. The van der Waals surface area contributed by atoms with Crippen LogP contribution >= 0.6 is 0 Å². The highest BCUT2D eigenvalue weighted by atomic mass is 16.5. The van der Waals surface area contributed by atoms with Crippen molar-refractivity contribution >= 4 is 22.7 Å². The number of nitrogens with one attached hydrogen (secondary N) is 3. The van der Waals surface area contributed by atoms with E-state index >= 15 is 0 Å². The van der Waals surface area contributed by atoms with Crippen LogP contribution in [0.4, 0.5) is 0 Å². The van der Waals surface area contributed by atoms with Crippen molar-refractivity contribution in [2.45, 2.75) is 32.1 Å². The smallest absolute Gasteiger partial charge is 0.267 e. The molecule has 0 spiro atoms. The van der Waals surface area contributed by atoms with E-state index in [9.17, 15) is 9.59 Å². The third-order valence-electron chi connectivity index (χ3n) is 3.83. The quantitative estimate of drug-likeness (QED) is 0.321. The van der Waals surface area contributed by atoms with Gasteiger partial charge in [0.15, 0.2) is 0 Å². The molecule has 0 fully saturated rings. The first-order valence-electron chi connectivity index (χ1n) is 8.02. The Labute approximate surface area is 140 Å². The third-order valence-corrected chi connectivity index (χ3v) is 3.83. The van der Waals surface area contributed by atoms with Crippen molar-refractivity contribution in [3.63, 3.8) is 0 Å². The van der Waals surface area contributed by atoms with E-state index in [1.165, 1.54) is 0 Å². The van der Waals surface area contributed by atoms with Crippen LogP contribution in [0.15, 0.2) is 24.3 Å². The Kier molecular flexibility index (Phi) is 6.62. The summed E-state index contributed by atoms with van der Waals surface area (Å²) in [6.45, 7) is 0.581. The predicted octanol–water partition coefficient (Wildman–Crippen LogP) is 2.36. The van der Waals surface area contributed by atoms with Gasteiger partial charge in [0.25, 0.3) is 5.91 Å². The van der Waals surface area contributed by atoms with Crippen molar-refractivity contribution in [2.75, 3.05) is 13.7 Å². The molecule has 24 heavy (non-hydrogen) atoms. The van der Waals surface area contributed by atoms with E-state index in [4.69, 9.17) is 9.94 Å². The highest BCUT2D eigenvalue weighted by Crippen LogP contribution is 2.25. The highest BCUT2D eigenvalue weighted by molar-refractivity contribution is 5.99. The van der Waals surface area contributed by atoms with Gasteiger partial charge < -0.3 is 15.0 Å². The summed E-state index contributed by atoms with van der Waals surface area (Å²) in [5, 5.41) is 12.1. The van der Waals surface area contributed by atoms with Gasteiger partial charge in [0, 0.05) is 23.9 Å². The fraction of sp³-hybridized carbons (Fsp3) is 0.412. The molecule has 0 radical (unpaired) electrons. The van der Waals surface area contributed by atoms with E-state index in [0.717, 1.165) is 42.3 Å². The molecule has 0 saturated heterocycles. The summed E-state index contributed by atoms with van der Waals surface area (Å²) in [6, 6.07) is 7.42. The summed E-state index contributed by atoms with van der Waals surface area (Å²) in [6.07, 6.45) is 3.68. The van der Waals surface area contributed by atoms with Crippen molar-refractivity contribution in [2.24, 2.45) is 0 Å². The second-order valence-electron chi connectivity index (χ2n) is 5.56. The first-order valence-corrected chi connectivity index (χ1v) is 8.02. The Balaban J connectivity index is 1.74. The van der Waals surface area contributed by atoms with Crippen LogP contribution in [0.3, 0.4) is 0 Å². The molecule has 0 atom stereocenters. The summed E-state index contributed by atoms with van der Waals surface area (Å²) >= 11 is 0. The number of fused-ring (bicyclic) bond motifs is 1. The zero-order valence-corrected chi connectivity index (χ0v) is 13.7. The third kappa shape index (κ3) is 4.73. The van der Waals surface area contributed by atoms with Gasteiger partial charge in [0.2, 0.25) is 5.91 Å². The van der Waals surface area contributed by atoms with E-state index in [2.05, 4.69) is 10.3 Å². The van der Waals surface area contributed by atoms with Crippen LogP contribution in [-0.4, -0.2) is 35.7 Å². The molecule has 2 amide bonds. The maximum Gasteiger partial charge on any atom is 0.267 e. The minimum Gasteiger partial charge on any atom is -0.496 e.